The lowest BCUT2D eigenvalue weighted by atomic mass is 10.1. The molecule has 0 fully saturated rings. The summed E-state index contributed by atoms with van der Waals surface area (Å²) in [6.45, 7) is 4.88. The summed E-state index contributed by atoms with van der Waals surface area (Å²) in [5.41, 5.74) is -0.0618. The van der Waals surface area contributed by atoms with Gasteiger partial charge < -0.3 is 20.7 Å². The second kappa shape index (κ2) is 11.5. The van der Waals surface area contributed by atoms with E-state index in [0.717, 1.165) is 17.0 Å². The maximum Gasteiger partial charge on any atom is 0.407 e. The standard InChI is InChI=1S/C25H27N5O8/c1-25(2,3)38-24(35)26-10-9-20(31)27-13-15-5-4-6-16(11-15)28-21(32)14-29-22(33)18-8-7-17(30(36)37)12-19(18)23(29)34/h4-8,11-12H,9-10,13-14H2,1-3H3,(H,26,35)(H,27,31)(H,28,32). The van der Waals surface area contributed by atoms with Crippen molar-refractivity contribution in [2.45, 2.75) is 39.3 Å². The van der Waals surface area contributed by atoms with Crippen LogP contribution in [0.2, 0.25) is 0 Å². The van der Waals surface area contributed by atoms with E-state index >= 15 is 0 Å². The molecule has 1 heterocycles. The number of rotatable bonds is 9. The topological polar surface area (TPSA) is 177 Å². The number of hydrogen-bond acceptors (Lipinski definition) is 8. The molecule has 0 bridgehead atoms. The third kappa shape index (κ3) is 7.35. The van der Waals surface area contributed by atoms with E-state index in [9.17, 15) is 34.1 Å². The van der Waals surface area contributed by atoms with Crippen LogP contribution in [0.15, 0.2) is 42.5 Å². The average Bonchev–Trinajstić information content (AvgIpc) is 3.06. The predicted molar refractivity (Wildman–Crippen MR) is 134 cm³/mol. The van der Waals surface area contributed by atoms with Gasteiger partial charge in [0.25, 0.3) is 17.5 Å². The summed E-state index contributed by atoms with van der Waals surface area (Å²) in [6.07, 6.45) is -0.574. The number of carbonyl (C=O) groups is 5. The van der Waals surface area contributed by atoms with Crippen LogP contribution in [0.5, 0.6) is 0 Å². The van der Waals surface area contributed by atoms with Crippen LogP contribution in [0.1, 0.15) is 53.5 Å². The summed E-state index contributed by atoms with van der Waals surface area (Å²) >= 11 is 0. The lowest BCUT2D eigenvalue weighted by molar-refractivity contribution is -0.384. The van der Waals surface area contributed by atoms with Crippen molar-refractivity contribution in [1.29, 1.82) is 0 Å². The van der Waals surface area contributed by atoms with Crippen molar-refractivity contribution in [2.75, 3.05) is 18.4 Å². The van der Waals surface area contributed by atoms with Gasteiger partial charge in [-0.05, 0) is 44.5 Å². The van der Waals surface area contributed by atoms with Crippen molar-refractivity contribution in [1.82, 2.24) is 15.5 Å². The van der Waals surface area contributed by atoms with Gasteiger partial charge in [-0.2, -0.15) is 0 Å². The second-order valence-electron chi connectivity index (χ2n) is 9.39. The van der Waals surface area contributed by atoms with Gasteiger partial charge in [0, 0.05) is 37.3 Å². The van der Waals surface area contributed by atoms with Gasteiger partial charge in [-0.1, -0.05) is 12.1 Å². The highest BCUT2D eigenvalue weighted by Crippen LogP contribution is 2.26. The van der Waals surface area contributed by atoms with Gasteiger partial charge >= 0.3 is 6.09 Å². The normalized spacial score (nSPS) is 12.6. The Kier molecular flexibility index (Phi) is 8.40. The van der Waals surface area contributed by atoms with Crippen molar-refractivity contribution in [2.24, 2.45) is 0 Å². The van der Waals surface area contributed by atoms with E-state index in [1.54, 1.807) is 45.0 Å². The molecule has 2 aromatic rings. The lowest BCUT2D eigenvalue weighted by Gasteiger charge is -2.19. The third-order valence-corrected chi connectivity index (χ3v) is 5.19. The molecule has 13 nitrogen and oxygen atoms in total. The zero-order chi connectivity index (χ0) is 28.0. The van der Waals surface area contributed by atoms with E-state index in [1.165, 1.54) is 6.07 Å². The molecule has 200 valence electrons. The highest BCUT2D eigenvalue weighted by Gasteiger charge is 2.37. The molecule has 13 heteroatoms. The molecule has 38 heavy (non-hydrogen) atoms. The second-order valence-corrected chi connectivity index (χ2v) is 9.39. The number of nitrogens with zero attached hydrogens (tertiary/aromatic N) is 2. The van der Waals surface area contributed by atoms with Gasteiger partial charge in [0.1, 0.15) is 12.1 Å². The van der Waals surface area contributed by atoms with Crippen molar-refractivity contribution in [3.63, 3.8) is 0 Å². The Morgan fingerprint density at radius 2 is 1.68 bits per heavy atom. The number of benzene rings is 2. The number of nitro groups is 1. The van der Waals surface area contributed by atoms with Gasteiger partial charge in [0.2, 0.25) is 11.8 Å². The monoisotopic (exact) mass is 525 g/mol. The highest BCUT2D eigenvalue weighted by atomic mass is 16.6. The largest absolute Gasteiger partial charge is 0.444 e. The first kappa shape index (κ1) is 27.8. The molecule has 1 aliphatic heterocycles. The molecule has 3 rings (SSSR count). The minimum absolute atomic E-state index is 0.00701. The molecule has 0 saturated carbocycles. The van der Waals surface area contributed by atoms with E-state index in [1.807, 2.05) is 0 Å². The van der Waals surface area contributed by atoms with E-state index < -0.39 is 40.9 Å². The first-order chi connectivity index (χ1) is 17.8. The average molecular weight is 526 g/mol. The fraction of sp³-hybridized carbons (Fsp3) is 0.320. The third-order valence-electron chi connectivity index (χ3n) is 5.19. The Morgan fingerprint density at radius 1 is 0.974 bits per heavy atom. The maximum atomic E-state index is 12.6. The van der Waals surface area contributed by atoms with Crippen LogP contribution in [0.25, 0.3) is 0 Å². The minimum Gasteiger partial charge on any atom is -0.444 e. The fourth-order valence-corrected chi connectivity index (χ4v) is 3.52. The molecule has 1 aliphatic rings. The molecule has 0 unspecified atom stereocenters. The summed E-state index contributed by atoms with van der Waals surface area (Å²) in [5.74, 6) is -2.46. The van der Waals surface area contributed by atoms with Gasteiger partial charge in [-0.25, -0.2) is 4.79 Å². The predicted octanol–water partition coefficient (Wildman–Crippen LogP) is 2.36. The minimum atomic E-state index is -0.790. The number of anilines is 1. The quantitative estimate of drug-likeness (QED) is 0.254. The summed E-state index contributed by atoms with van der Waals surface area (Å²) in [6, 6.07) is 9.92. The van der Waals surface area contributed by atoms with Crippen molar-refractivity contribution in [3.8, 4) is 0 Å². The molecule has 0 aromatic heterocycles. The summed E-state index contributed by atoms with van der Waals surface area (Å²) in [4.78, 5) is 72.4. The molecule has 2 aromatic carbocycles. The van der Waals surface area contributed by atoms with Crippen LogP contribution in [0.4, 0.5) is 16.2 Å². The van der Waals surface area contributed by atoms with Gasteiger partial charge in [0.05, 0.1) is 16.1 Å². The molecule has 3 N–H and O–H groups in total. The van der Waals surface area contributed by atoms with Crippen LogP contribution in [-0.4, -0.2) is 58.2 Å². The number of amides is 5. The number of alkyl carbamates (subject to hydrolysis) is 1. The highest BCUT2D eigenvalue weighted by molar-refractivity contribution is 6.23. The molecule has 0 radical (unpaired) electrons. The Bertz CT molecular complexity index is 1300. The summed E-state index contributed by atoms with van der Waals surface area (Å²) < 4.78 is 5.10. The van der Waals surface area contributed by atoms with Crippen LogP contribution < -0.4 is 16.0 Å². The van der Waals surface area contributed by atoms with E-state index in [-0.39, 0.29) is 42.2 Å². The summed E-state index contributed by atoms with van der Waals surface area (Å²) in [7, 11) is 0. The van der Waals surface area contributed by atoms with Crippen molar-refractivity contribution in [3.05, 3.63) is 69.3 Å². The Balaban J connectivity index is 1.49. The van der Waals surface area contributed by atoms with Crippen LogP contribution in [-0.2, 0) is 20.9 Å². The summed E-state index contributed by atoms with van der Waals surface area (Å²) in [5, 5.41) is 18.8. The van der Waals surface area contributed by atoms with Gasteiger partial charge in [-0.15, -0.1) is 0 Å². The Hall–Kier alpha value is -4.81. The molecule has 0 aliphatic carbocycles. The van der Waals surface area contributed by atoms with E-state index in [4.69, 9.17) is 4.74 Å². The maximum absolute atomic E-state index is 12.6. The Morgan fingerprint density at radius 3 is 2.37 bits per heavy atom. The number of hydrogen-bond donors (Lipinski definition) is 3. The first-order valence-corrected chi connectivity index (χ1v) is 11.6. The number of ether oxygens (including phenoxy) is 1. The zero-order valence-corrected chi connectivity index (χ0v) is 21.0. The molecule has 0 spiro atoms. The molecule has 0 atom stereocenters. The van der Waals surface area contributed by atoms with E-state index in [2.05, 4.69) is 16.0 Å². The smallest absolute Gasteiger partial charge is 0.407 e. The van der Waals surface area contributed by atoms with E-state index in [0.29, 0.717) is 11.3 Å². The number of nitrogens with one attached hydrogen (secondary N) is 3. The van der Waals surface area contributed by atoms with Crippen molar-refractivity contribution >= 4 is 41.1 Å². The number of non-ortho nitro benzene ring substituents is 1. The van der Waals surface area contributed by atoms with Crippen LogP contribution in [0.3, 0.4) is 0 Å². The SMILES string of the molecule is CC(C)(C)OC(=O)NCCC(=O)NCc1cccc(NC(=O)CN2C(=O)c3ccc([N+](=O)[O-])cc3C2=O)c1. The lowest BCUT2D eigenvalue weighted by Crippen LogP contribution is -2.37. The zero-order valence-electron chi connectivity index (χ0n) is 21.0. The molecular weight excluding hydrogens is 498 g/mol. The van der Waals surface area contributed by atoms with Crippen molar-refractivity contribution < 1.29 is 33.6 Å². The first-order valence-electron chi connectivity index (χ1n) is 11.6. The number of carbonyl (C=O) groups excluding carboxylic acids is 5. The van der Waals surface area contributed by atoms with Gasteiger partial charge in [-0.3, -0.25) is 34.2 Å². The number of imide groups is 1. The molecule has 0 saturated heterocycles. The number of fused-ring (bicyclic) bond motifs is 1. The Labute approximate surface area is 217 Å². The van der Waals surface area contributed by atoms with Crippen LogP contribution in [0, 0.1) is 10.1 Å². The number of nitro benzene ring substituents is 1. The fourth-order valence-electron chi connectivity index (χ4n) is 3.52. The molecular formula is C25H27N5O8. The van der Waals surface area contributed by atoms with Crippen LogP contribution >= 0.6 is 0 Å². The molecule has 5 amide bonds. The van der Waals surface area contributed by atoms with Gasteiger partial charge in [0.15, 0.2) is 0 Å².